The predicted molar refractivity (Wildman–Crippen MR) is 162 cm³/mol. The van der Waals surface area contributed by atoms with Crippen molar-refractivity contribution < 1.29 is 18.0 Å². The second-order valence-electron chi connectivity index (χ2n) is 9.63. The van der Waals surface area contributed by atoms with Gasteiger partial charge >= 0.3 is 0 Å². The number of carbonyl (C=O) groups excluding carboxylic acids is 2. The molecule has 0 aliphatic rings. The highest BCUT2D eigenvalue weighted by Gasteiger charge is 2.34. The van der Waals surface area contributed by atoms with Crippen LogP contribution >= 0.6 is 11.6 Å². The number of nitrogens with zero attached hydrogens (tertiary/aromatic N) is 2. The van der Waals surface area contributed by atoms with Crippen LogP contribution in [0.4, 0.5) is 5.69 Å². The van der Waals surface area contributed by atoms with Gasteiger partial charge in [0, 0.05) is 25.0 Å². The molecule has 0 aliphatic heterocycles. The first-order valence-electron chi connectivity index (χ1n) is 13.1. The molecule has 0 aliphatic carbocycles. The lowest BCUT2D eigenvalue weighted by atomic mass is 10.0. The molecule has 0 aromatic heterocycles. The average Bonchev–Trinajstić information content (AvgIpc) is 2.99. The fourth-order valence-electron chi connectivity index (χ4n) is 4.47. The molecule has 0 spiro atoms. The van der Waals surface area contributed by atoms with Gasteiger partial charge in [0.2, 0.25) is 11.8 Å². The van der Waals surface area contributed by atoms with Gasteiger partial charge in [-0.15, -0.1) is 0 Å². The fraction of sp³-hybridized carbons (Fsp3) is 0.188. The number of aryl methyl sites for hydroxylation is 1. The zero-order valence-electron chi connectivity index (χ0n) is 22.9. The van der Waals surface area contributed by atoms with Crippen molar-refractivity contribution in [1.82, 2.24) is 10.2 Å². The van der Waals surface area contributed by atoms with E-state index in [1.807, 2.05) is 61.5 Å². The lowest BCUT2D eigenvalue weighted by Gasteiger charge is -2.33. The lowest BCUT2D eigenvalue weighted by molar-refractivity contribution is -0.139. The van der Waals surface area contributed by atoms with Crippen LogP contribution in [0, 0.1) is 6.92 Å². The highest BCUT2D eigenvalue weighted by Crippen LogP contribution is 2.26. The molecule has 1 unspecified atom stereocenters. The molecule has 1 N–H and O–H groups in total. The van der Waals surface area contributed by atoms with E-state index in [1.165, 1.54) is 24.1 Å². The van der Waals surface area contributed by atoms with E-state index < -0.39 is 28.5 Å². The van der Waals surface area contributed by atoms with Crippen LogP contribution in [-0.4, -0.2) is 44.8 Å². The summed E-state index contributed by atoms with van der Waals surface area (Å²) in [6, 6.07) is 30.4. The van der Waals surface area contributed by atoms with Gasteiger partial charge in [-0.3, -0.25) is 13.9 Å². The number of halogens is 1. The van der Waals surface area contributed by atoms with Gasteiger partial charge in [0.15, 0.2) is 0 Å². The third-order valence-electron chi connectivity index (χ3n) is 6.72. The van der Waals surface area contributed by atoms with Crippen LogP contribution in [0.25, 0.3) is 0 Å². The number of hydrogen-bond acceptors (Lipinski definition) is 4. The Hall–Kier alpha value is -4.14. The number of amides is 2. The zero-order valence-corrected chi connectivity index (χ0v) is 24.5. The van der Waals surface area contributed by atoms with Crippen molar-refractivity contribution in [3.63, 3.8) is 0 Å². The minimum atomic E-state index is -4.14. The molecular weight excluding hydrogens is 558 g/mol. The topological polar surface area (TPSA) is 86.8 Å². The molecule has 0 radical (unpaired) electrons. The standard InChI is InChI=1S/C32H32ClN3O4S/c1-24-13-15-26(16-14-24)22-35(30(32(38)34-2)21-25-9-5-3-6-10-25)31(37)23-36(28-19-17-27(33)18-20-28)41(39,40)29-11-7-4-8-12-29/h3-20,30H,21-23H2,1-2H3,(H,34,38). The van der Waals surface area contributed by atoms with Gasteiger partial charge in [0.1, 0.15) is 12.6 Å². The van der Waals surface area contributed by atoms with Crippen molar-refractivity contribution in [1.29, 1.82) is 0 Å². The molecular formula is C32H32ClN3O4S. The second kappa shape index (κ2) is 13.5. The molecule has 212 valence electrons. The first-order valence-corrected chi connectivity index (χ1v) is 14.9. The number of likely N-dealkylation sites (N-methyl/N-ethyl adjacent to an activating group) is 1. The molecule has 1 atom stereocenters. The molecule has 2 amide bonds. The summed E-state index contributed by atoms with van der Waals surface area (Å²) in [4.78, 5) is 29.0. The summed E-state index contributed by atoms with van der Waals surface area (Å²) in [7, 11) is -2.62. The molecule has 9 heteroatoms. The number of rotatable bonds is 11. The van der Waals surface area contributed by atoms with Gasteiger partial charge in [0.05, 0.1) is 10.6 Å². The minimum absolute atomic E-state index is 0.0416. The van der Waals surface area contributed by atoms with E-state index in [-0.39, 0.29) is 29.5 Å². The van der Waals surface area contributed by atoms with Crippen molar-refractivity contribution in [2.45, 2.75) is 30.8 Å². The normalized spacial score (nSPS) is 11.9. The molecule has 0 saturated heterocycles. The van der Waals surface area contributed by atoms with Crippen molar-refractivity contribution in [2.24, 2.45) is 0 Å². The van der Waals surface area contributed by atoms with Crippen LogP contribution < -0.4 is 9.62 Å². The van der Waals surface area contributed by atoms with Gasteiger partial charge in [-0.1, -0.05) is 90.0 Å². The molecule has 0 saturated carbocycles. The number of anilines is 1. The molecule has 4 aromatic carbocycles. The smallest absolute Gasteiger partial charge is 0.264 e. The third kappa shape index (κ3) is 7.54. The van der Waals surface area contributed by atoms with E-state index in [9.17, 15) is 18.0 Å². The van der Waals surface area contributed by atoms with Gasteiger partial charge in [-0.05, 0) is 54.4 Å². The van der Waals surface area contributed by atoms with Gasteiger partial charge in [0.25, 0.3) is 10.0 Å². The second-order valence-corrected chi connectivity index (χ2v) is 11.9. The number of benzene rings is 4. The van der Waals surface area contributed by atoms with Gasteiger partial charge in [-0.25, -0.2) is 8.42 Å². The zero-order chi connectivity index (χ0) is 29.4. The molecule has 0 fully saturated rings. The maximum atomic E-state index is 14.2. The Bertz CT molecular complexity index is 1560. The average molecular weight is 590 g/mol. The number of sulfonamides is 1. The number of hydrogen-bond donors (Lipinski definition) is 1. The van der Waals surface area contributed by atoms with Gasteiger partial charge < -0.3 is 10.2 Å². The van der Waals surface area contributed by atoms with Crippen LogP contribution in [0.1, 0.15) is 16.7 Å². The Morgan fingerprint density at radius 1 is 0.805 bits per heavy atom. The van der Waals surface area contributed by atoms with Crippen molar-refractivity contribution >= 4 is 39.1 Å². The van der Waals surface area contributed by atoms with E-state index in [1.54, 1.807) is 42.5 Å². The number of carbonyl (C=O) groups is 2. The summed E-state index contributed by atoms with van der Waals surface area (Å²) in [5.41, 5.74) is 3.02. The molecule has 41 heavy (non-hydrogen) atoms. The molecule has 4 aromatic rings. The van der Waals surface area contributed by atoms with Crippen LogP contribution in [0.5, 0.6) is 0 Å². The van der Waals surface area contributed by atoms with Crippen molar-refractivity contribution in [3.05, 3.63) is 131 Å². The summed E-state index contributed by atoms with van der Waals surface area (Å²) >= 11 is 6.09. The summed E-state index contributed by atoms with van der Waals surface area (Å²) in [6.45, 7) is 1.56. The van der Waals surface area contributed by atoms with Crippen LogP contribution in [-0.2, 0) is 32.6 Å². The lowest BCUT2D eigenvalue weighted by Crippen LogP contribution is -2.53. The largest absolute Gasteiger partial charge is 0.357 e. The first kappa shape index (κ1) is 29.8. The quantitative estimate of drug-likeness (QED) is 0.260. The Morgan fingerprint density at radius 2 is 1.39 bits per heavy atom. The Labute approximate surface area is 246 Å². The first-order chi connectivity index (χ1) is 19.7. The van der Waals surface area contributed by atoms with E-state index in [0.717, 1.165) is 21.0 Å². The van der Waals surface area contributed by atoms with E-state index >= 15 is 0 Å². The van der Waals surface area contributed by atoms with Gasteiger partial charge in [-0.2, -0.15) is 0 Å². The van der Waals surface area contributed by atoms with Crippen molar-refractivity contribution in [2.75, 3.05) is 17.9 Å². The van der Waals surface area contributed by atoms with Crippen molar-refractivity contribution in [3.8, 4) is 0 Å². The summed E-state index contributed by atoms with van der Waals surface area (Å²) in [6.07, 6.45) is 0.254. The molecule has 0 bridgehead atoms. The Kier molecular flexibility index (Phi) is 9.81. The van der Waals surface area contributed by atoms with Crippen LogP contribution in [0.3, 0.4) is 0 Å². The summed E-state index contributed by atoms with van der Waals surface area (Å²) < 4.78 is 28.8. The maximum Gasteiger partial charge on any atom is 0.264 e. The van der Waals surface area contributed by atoms with Crippen LogP contribution in [0.15, 0.2) is 114 Å². The fourth-order valence-corrected chi connectivity index (χ4v) is 6.03. The van der Waals surface area contributed by atoms with Crippen LogP contribution in [0.2, 0.25) is 5.02 Å². The Morgan fingerprint density at radius 3 is 1.98 bits per heavy atom. The SMILES string of the molecule is CNC(=O)C(Cc1ccccc1)N(Cc1ccc(C)cc1)C(=O)CN(c1ccc(Cl)cc1)S(=O)(=O)c1ccccc1. The molecule has 4 rings (SSSR count). The molecule has 7 nitrogen and oxygen atoms in total. The van der Waals surface area contributed by atoms with E-state index in [0.29, 0.717) is 5.02 Å². The highest BCUT2D eigenvalue weighted by molar-refractivity contribution is 7.92. The monoisotopic (exact) mass is 589 g/mol. The Balaban J connectivity index is 1.77. The minimum Gasteiger partial charge on any atom is -0.357 e. The summed E-state index contributed by atoms with van der Waals surface area (Å²) in [5.74, 6) is -0.872. The highest BCUT2D eigenvalue weighted by atomic mass is 35.5. The summed E-state index contributed by atoms with van der Waals surface area (Å²) in [5, 5.41) is 3.11. The molecule has 0 heterocycles. The van der Waals surface area contributed by atoms with E-state index in [4.69, 9.17) is 11.6 Å². The maximum absolute atomic E-state index is 14.2. The third-order valence-corrected chi connectivity index (χ3v) is 8.76. The predicted octanol–water partition coefficient (Wildman–Crippen LogP) is 5.23. The van der Waals surface area contributed by atoms with E-state index in [2.05, 4.69) is 5.32 Å². The number of nitrogens with one attached hydrogen (secondary N) is 1.